The number of hydrogen-bond donors (Lipinski definition) is 1. The van der Waals surface area contributed by atoms with Crippen LogP contribution < -0.4 is 5.32 Å². The molecule has 106 valence electrons. The highest BCUT2D eigenvalue weighted by molar-refractivity contribution is 5.62. The molecular weight excluding hydrogens is 275 g/mol. The Balaban J connectivity index is 2.27. The highest BCUT2D eigenvalue weighted by Gasteiger charge is 2.13. The zero-order valence-corrected chi connectivity index (χ0v) is 11.1. The Morgan fingerprint density at radius 2 is 2.19 bits per heavy atom. The van der Waals surface area contributed by atoms with Gasteiger partial charge in [0, 0.05) is 18.3 Å². The number of non-ortho nitro benzene ring substituents is 1. The van der Waals surface area contributed by atoms with Crippen molar-refractivity contribution in [2.45, 2.75) is 13.0 Å². The van der Waals surface area contributed by atoms with Crippen molar-refractivity contribution in [2.75, 3.05) is 5.32 Å². The highest BCUT2D eigenvalue weighted by atomic mass is 19.1. The number of rotatable bonds is 4. The molecule has 6 nitrogen and oxygen atoms in total. The third-order valence-corrected chi connectivity index (χ3v) is 2.93. The summed E-state index contributed by atoms with van der Waals surface area (Å²) in [7, 11) is 0. The number of nitrogens with one attached hydrogen (secondary N) is 1. The van der Waals surface area contributed by atoms with Gasteiger partial charge in [-0.25, -0.2) is 4.39 Å². The number of nitro benzene ring substituents is 1. The Kier molecular flexibility index (Phi) is 4.09. The maximum atomic E-state index is 13.1. The van der Waals surface area contributed by atoms with E-state index in [-0.39, 0.29) is 17.3 Å². The molecule has 0 spiro atoms. The molecule has 21 heavy (non-hydrogen) atoms. The van der Waals surface area contributed by atoms with Crippen molar-refractivity contribution in [1.82, 2.24) is 4.98 Å². The first-order valence-corrected chi connectivity index (χ1v) is 6.07. The van der Waals surface area contributed by atoms with Crippen molar-refractivity contribution >= 4 is 11.4 Å². The average Bonchev–Trinajstić information content (AvgIpc) is 2.47. The van der Waals surface area contributed by atoms with E-state index in [9.17, 15) is 14.5 Å². The largest absolute Gasteiger partial charge is 0.377 e. The number of halogens is 1. The fraction of sp³-hybridized carbons (Fsp3) is 0.143. The van der Waals surface area contributed by atoms with Crippen molar-refractivity contribution in [3.8, 4) is 6.07 Å². The lowest BCUT2D eigenvalue weighted by Gasteiger charge is -2.16. The van der Waals surface area contributed by atoms with Gasteiger partial charge in [-0.05, 0) is 24.6 Å². The maximum Gasteiger partial charge on any atom is 0.270 e. The summed E-state index contributed by atoms with van der Waals surface area (Å²) in [5.74, 6) is -0.453. The van der Waals surface area contributed by atoms with Gasteiger partial charge in [-0.3, -0.25) is 15.1 Å². The fourth-order valence-corrected chi connectivity index (χ4v) is 1.85. The van der Waals surface area contributed by atoms with Crippen LogP contribution in [0.1, 0.15) is 24.1 Å². The Labute approximate surface area is 120 Å². The molecule has 1 aromatic carbocycles. The summed E-state index contributed by atoms with van der Waals surface area (Å²) in [6.07, 6.45) is 2.61. The first-order valence-electron chi connectivity index (χ1n) is 6.07. The molecule has 1 heterocycles. The van der Waals surface area contributed by atoms with Gasteiger partial charge in [0.25, 0.3) is 5.69 Å². The van der Waals surface area contributed by atoms with Gasteiger partial charge in [-0.15, -0.1) is 0 Å². The summed E-state index contributed by atoms with van der Waals surface area (Å²) in [5, 5.41) is 22.8. The summed E-state index contributed by atoms with van der Waals surface area (Å²) in [6, 6.07) is 6.89. The van der Waals surface area contributed by atoms with Crippen LogP contribution in [0.3, 0.4) is 0 Å². The minimum atomic E-state index is -0.565. The lowest BCUT2D eigenvalue weighted by atomic mass is 10.1. The summed E-state index contributed by atoms with van der Waals surface area (Å²) in [6.45, 7) is 1.78. The summed E-state index contributed by atoms with van der Waals surface area (Å²) >= 11 is 0. The second-order valence-corrected chi connectivity index (χ2v) is 4.40. The van der Waals surface area contributed by atoms with E-state index in [0.29, 0.717) is 11.3 Å². The predicted octanol–water partition coefficient (Wildman–Crippen LogP) is 3.17. The monoisotopic (exact) mass is 286 g/mol. The molecule has 1 aromatic heterocycles. The molecular formula is C14H11FN4O2. The molecule has 2 aromatic rings. The Bertz CT molecular complexity index is 727. The summed E-state index contributed by atoms with van der Waals surface area (Å²) < 4.78 is 13.1. The third-order valence-electron chi connectivity index (χ3n) is 2.93. The summed E-state index contributed by atoms with van der Waals surface area (Å²) in [5.41, 5.74) is 1.05. The summed E-state index contributed by atoms with van der Waals surface area (Å²) in [4.78, 5) is 13.9. The van der Waals surface area contributed by atoms with E-state index in [1.54, 1.807) is 6.92 Å². The van der Waals surface area contributed by atoms with E-state index >= 15 is 0 Å². The van der Waals surface area contributed by atoms with Crippen LogP contribution in [0, 0.1) is 27.3 Å². The second kappa shape index (κ2) is 5.96. The molecule has 1 atom stereocenters. The number of nitriles is 1. The maximum absolute atomic E-state index is 13.1. The molecule has 0 fully saturated rings. The smallest absolute Gasteiger partial charge is 0.270 e. The van der Waals surface area contributed by atoms with Crippen LogP contribution >= 0.6 is 0 Å². The number of benzene rings is 1. The topological polar surface area (TPSA) is 91.9 Å². The molecule has 0 saturated carbocycles. The van der Waals surface area contributed by atoms with Crippen molar-refractivity contribution in [2.24, 2.45) is 0 Å². The Morgan fingerprint density at radius 1 is 1.43 bits per heavy atom. The van der Waals surface area contributed by atoms with Gasteiger partial charge < -0.3 is 5.32 Å². The van der Waals surface area contributed by atoms with E-state index in [2.05, 4.69) is 10.3 Å². The standard InChI is InChI=1S/C14H11FN4O2/c1-9(11-4-12(15)8-17-7-11)18-14-3-2-13(19(20)21)5-10(14)6-16/h2-5,7-9,18H,1H3. The molecule has 1 unspecified atom stereocenters. The van der Waals surface area contributed by atoms with Gasteiger partial charge in [0.15, 0.2) is 0 Å². The molecule has 0 radical (unpaired) electrons. The predicted molar refractivity (Wildman–Crippen MR) is 74.0 cm³/mol. The minimum Gasteiger partial charge on any atom is -0.377 e. The SMILES string of the molecule is CC(Nc1ccc([N+](=O)[O-])cc1C#N)c1cncc(F)c1. The van der Waals surface area contributed by atoms with Crippen molar-refractivity contribution in [3.63, 3.8) is 0 Å². The second-order valence-electron chi connectivity index (χ2n) is 4.40. The van der Waals surface area contributed by atoms with Crippen molar-refractivity contribution in [1.29, 1.82) is 5.26 Å². The quantitative estimate of drug-likeness (QED) is 0.688. The first kappa shape index (κ1) is 14.4. The van der Waals surface area contributed by atoms with E-state index in [1.165, 1.54) is 30.5 Å². The molecule has 0 bridgehead atoms. The van der Waals surface area contributed by atoms with Crippen LogP contribution in [-0.4, -0.2) is 9.91 Å². The van der Waals surface area contributed by atoms with Crippen molar-refractivity contribution < 1.29 is 9.31 Å². The van der Waals surface area contributed by atoms with Crippen LogP contribution in [0.4, 0.5) is 15.8 Å². The number of nitrogens with zero attached hydrogens (tertiary/aromatic N) is 3. The first-order chi connectivity index (χ1) is 10.0. The van der Waals surface area contributed by atoms with Crippen LogP contribution in [-0.2, 0) is 0 Å². The van der Waals surface area contributed by atoms with Crippen LogP contribution in [0.2, 0.25) is 0 Å². The Hall–Kier alpha value is -3.01. The zero-order valence-electron chi connectivity index (χ0n) is 11.1. The van der Waals surface area contributed by atoms with Gasteiger partial charge in [0.2, 0.25) is 0 Å². The van der Waals surface area contributed by atoms with E-state index < -0.39 is 10.7 Å². The van der Waals surface area contributed by atoms with Gasteiger partial charge in [0.05, 0.1) is 28.4 Å². The molecule has 0 aliphatic heterocycles. The fourth-order valence-electron chi connectivity index (χ4n) is 1.85. The van der Waals surface area contributed by atoms with E-state index in [4.69, 9.17) is 5.26 Å². The molecule has 0 saturated heterocycles. The molecule has 1 N–H and O–H groups in total. The lowest BCUT2D eigenvalue weighted by molar-refractivity contribution is -0.384. The number of hydrogen-bond acceptors (Lipinski definition) is 5. The highest BCUT2D eigenvalue weighted by Crippen LogP contribution is 2.25. The number of anilines is 1. The van der Waals surface area contributed by atoms with Crippen LogP contribution in [0.15, 0.2) is 36.7 Å². The molecule has 2 rings (SSSR count). The minimum absolute atomic E-state index is 0.153. The molecule has 7 heteroatoms. The van der Waals surface area contributed by atoms with E-state index in [0.717, 1.165) is 6.20 Å². The zero-order chi connectivity index (χ0) is 15.4. The van der Waals surface area contributed by atoms with Gasteiger partial charge in [0.1, 0.15) is 11.9 Å². The van der Waals surface area contributed by atoms with Gasteiger partial charge >= 0.3 is 0 Å². The number of aromatic nitrogens is 1. The van der Waals surface area contributed by atoms with E-state index in [1.807, 2.05) is 6.07 Å². The molecule has 0 aliphatic carbocycles. The van der Waals surface area contributed by atoms with Crippen LogP contribution in [0.25, 0.3) is 0 Å². The lowest BCUT2D eigenvalue weighted by Crippen LogP contribution is -2.08. The Morgan fingerprint density at radius 3 is 2.81 bits per heavy atom. The molecule has 0 amide bonds. The van der Waals surface area contributed by atoms with Crippen molar-refractivity contribution in [3.05, 3.63) is 63.7 Å². The van der Waals surface area contributed by atoms with Crippen LogP contribution in [0.5, 0.6) is 0 Å². The normalized spacial score (nSPS) is 11.5. The number of pyridine rings is 1. The third kappa shape index (κ3) is 3.30. The average molecular weight is 286 g/mol. The molecule has 0 aliphatic rings. The van der Waals surface area contributed by atoms with Gasteiger partial charge in [-0.1, -0.05) is 0 Å². The van der Waals surface area contributed by atoms with Gasteiger partial charge in [-0.2, -0.15) is 5.26 Å². The number of nitro groups is 1.